The Morgan fingerprint density at radius 1 is 1.37 bits per heavy atom. The number of nitrogens with zero attached hydrogens (tertiary/aromatic N) is 2. The van der Waals surface area contributed by atoms with Crippen LogP contribution in [0, 0.1) is 11.8 Å². The van der Waals surface area contributed by atoms with Gasteiger partial charge in [-0.1, -0.05) is 0 Å². The second-order valence-corrected chi connectivity index (χ2v) is 7.98. The summed E-state index contributed by atoms with van der Waals surface area (Å²) in [6, 6.07) is 0.194. The van der Waals surface area contributed by atoms with E-state index in [-0.39, 0.29) is 24.2 Å². The highest BCUT2D eigenvalue weighted by Gasteiger charge is 2.42. The Kier molecular flexibility index (Phi) is 4.17. The van der Waals surface area contributed by atoms with Crippen molar-refractivity contribution in [1.29, 1.82) is 0 Å². The Morgan fingerprint density at radius 3 is 2.63 bits per heavy atom. The van der Waals surface area contributed by atoms with E-state index in [1.54, 1.807) is 11.8 Å². The number of carbonyl (C=O) groups is 1. The Labute approximate surface area is 115 Å². The van der Waals surface area contributed by atoms with Crippen LogP contribution in [-0.2, 0) is 14.8 Å². The third-order valence-corrected chi connectivity index (χ3v) is 6.27. The lowest BCUT2D eigenvalue weighted by Crippen LogP contribution is -2.41. The van der Waals surface area contributed by atoms with Crippen molar-refractivity contribution in [3.63, 3.8) is 0 Å². The van der Waals surface area contributed by atoms with E-state index in [0.29, 0.717) is 18.4 Å². The molecule has 0 radical (unpaired) electrons. The zero-order valence-corrected chi connectivity index (χ0v) is 12.4. The van der Waals surface area contributed by atoms with Gasteiger partial charge in [-0.05, 0) is 31.6 Å². The molecule has 3 unspecified atom stereocenters. The predicted octanol–water partition coefficient (Wildman–Crippen LogP) is -0.536. The molecule has 2 fully saturated rings. The van der Waals surface area contributed by atoms with Crippen LogP contribution in [0.1, 0.15) is 19.8 Å². The monoisotopic (exact) mass is 289 g/mol. The smallest absolute Gasteiger partial charge is 0.237 e. The van der Waals surface area contributed by atoms with Gasteiger partial charge in [-0.15, -0.1) is 0 Å². The first-order valence-electron chi connectivity index (χ1n) is 6.82. The van der Waals surface area contributed by atoms with Crippen molar-refractivity contribution in [3.8, 4) is 0 Å². The summed E-state index contributed by atoms with van der Waals surface area (Å²) < 4.78 is 24.4. The molecule has 6 nitrogen and oxygen atoms in total. The van der Waals surface area contributed by atoms with Crippen molar-refractivity contribution in [1.82, 2.24) is 9.21 Å². The quantitative estimate of drug-likeness (QED) is 0.753. The number of hydrogen-bond donors (Lipinski definition) is 1. The van der Waals surface area contributed by atoms with E-state index in [1.165, 1.54) is 7.05 Å². The Hall–Kier alpha value is -0.660. The van der Waals surface area contributed by atoms with Gasteiger partial charge in [-0.25, -0.2) is 8.42 Å². The Balaban J connectivity index is 1.92. The molecule has 1 aliphatic heterocycles. The number of fused-ring (bicyclic) bond motifs is 1. The van der Waals surface area contributed by atoms with Crippen LogP contribution in [0.5, 0.6) is 0 Å². The van der Waals surface area contributed by atoms with Gasteiger partial charge >= 0.3 is 0 Å². The highest BCUT2D eigenvalue weighted by molar-refractivity contribution is 7.89. The lowest BCUT2D eigenvalue weighted by Gasteiger charge is -2.22. The van der Waals surface area contributed by atoms with Crippen LogP contribution in [0.15, 0.2) is 0 Å². The van der Waals surface area contributed by atoms with Crippen LogP contribution in [0.4, 0.5) is 0 Å². The van der Waals surface area contributed by atoms with E-state index in [1.807, 2.05) is 0 Å². The normalized spacial score (nSPS) is 30.9. The van der Waals surface area contributed by atoms with Crippen molar-refractivity contribution in [3.05, 3.63) is 0 Å². The van der Waals surface area contributed by atoms with Crippen LogP contribution < -0.4 is 5.73 Å². The SMILES string of the molecule is CCS(=O)(=O)N(C)CC(=O)N1CC2CCC(N)C2C1. The van der Waals surface area contributed by atoms with Crippen LogP contribution in [0.25, 0.3) is 0 Å². The second-order valence-electron chi connectivity index (χ2n) is 5.62. The molecule has 1 amide bonds. The van der Waals surface area contributed by atoms with Crippen molar-refractivity contribution in [2.75, 3.05) is 32.4 Å². The largest absolute Gasteiger partial charge is 0.341 e. The first-order valence-corrected chi connectivity index (χ1v) is 8.43. The van der Waals surface area contributed by atoms with Crippen LogP contribution in [0.3, 0.4) is 0 Å². The standard InChI is InChI=1S/C12H23N3O3S/c1-3-19(17,18)14(2)8-12(16)15-6-9-4-5-11(13)10(9)7-15/h9-11H,3-8,13H2,1-2H3. The van der Waals surface area contributed by atoms with Gasteiger partial charge in [0.25, 0.3) is 0 Å². The van der Waals surface area contributed by atoms with Gasteiger partial charge < -0.3 is 10.6 Å². The fourth-order valence-electron chi connectivity index (χ4n) is 3.12. The molecule has 2 aliphatic rings. The number of carbonyl (C=O) groups excluding carboxylic acids is 1. The zero-order chi connectivity index (χ0) is 14.2. The summed E-state index contributed by atoms with van der Waals surface area (Å²) in [4.78, 5) is 13.9. The Morgan fingerprint density at radius 2 is 2.05 bits per heavy atom. The van der Waals surface area contributed by atoms with Gasteiger partial charge in [0.05, 0.1) is 12.3 Å². The highest BCUT2D eigenvalue weighted by atomic mass is 32.2. The van der Waals surface area contributed by atoms with Gasteiger partial charge in [0, 0.05) is 26.2 Å². The fraction of sp³-hybridized carbons (Fsp3) is 0.917. The molecule has 110 valence electrons. The molecule has 0 spiro atoms. The highest BCUT2D eigenvalue weighted by Crippen LogP contribution is 2.37. The van der Waals surface area contributed by atoms with Crippen LogP contribution >= 0.6 is 0 Å². The van der Waals surface area contributed by atoms with E-state index >= 15 is 0 Å². The molecule has 1 aliphatic carbocycles. The van der Waals surface area contributed by atoms with Gasteiger partial charge in [0.2, 0.25) is 15.9 Å². The third-order valence-electron chi connectivity index (χ3n) is 4.46. The van der Waals surface area contributed by atoms with Crippen molar-refractivity contribution in [2.45, 2.75) is 25.8 Å². The average Bonchev–Trinajstić information content (AvgIpc) is 2.92. The molecular formula is C12H23N3O3S. The zero-order valence-electron chi connectivity index (χ0n) is 11.6. The minimum atomic E-state index is -3.29. The number of hydrogen-bond acceptors (Lipinski definition) is 4. The summed E-state index contributed by atoms with van der Waals surface area (Å²) >= 11 is 0. The predicted molar refractivity (Wildman–Crippen MR) is 72.9 cm³/mol. The summed E-state index contributed by atoms with van der Waals surface area (Å²) in [6.07, 6.45) is 2.13. The van der Waals surface area contributed by atoms with Crippen molar-refractivity contribution in [2.24, 2.45) is 17.6 Å². The molecular weight excluding hydrogens is 266 g/mol. The lowest BCUT2D eigenvalue weighted by atomic mass is 9.98. The maximum atomic E-state index is 12.1. The van der Waals surface area contributed by atoms with Crippen LogP contribution in [-0.4, -0.2) is 62.0 Å². The number of amides is 1. The summed E-state index contributed by atoms with van der Waals surface area (Å²) in [5.41, 5.74) is 6.03. The van der Waals surface area contributed by atoms with E-state index in [0.717, 1.165) is 23.7 Å². The van der Waals surface area contributed by atoms with E-state index in [2.05, 4.69) is 0 Å². The summed E-state index contributed by atoms with van der Waals surface area (Å²) in [7, 11) is -1.83. The summed E-state index contributed by atoms with van der Waals surface area (Å²) in [6.45, 7) is 2.93. The van der Waals surface area contributed by atoms with E-state index in [9.17, 15) is 13.2 Å². The molecule has 2 rings (SSSR count). The number of likely N-dealkylation sites (N-methyl/N-ethyl adjacent to an activating group) is 1. The summed E-state index contributed by atoms with van der Waals surface area (Å²) in [5, 5.41) is 0. The number of rotatable bonds is 4. The molecule has 19 heavy (non-hydrogen) atoms. The number of sulfonamides is 1. The molecule has 1 saturated carbocycles. The molecule has 0 aromatic heterocycles. The molecule has 7 heteroatoms. The topological polar surface area (TPSA) is 83.7 Å². The first-order chi connectivity index (χ1) is 8.85. The number of likely N-dealkylation sites (tertiary alicyclic amines) is 1. The fourth-order valence-corrected chi connectivity index (χ4v) is 3.87. The third kappa shape index (κ3) is 2.93. The molecule has 0 aromatic rings. The minimum Gasteiger partial charge on any atom is -0.341 e. The second kappa shape index (κ2) is 5.38. The summed E-state index contributed by atoms with van der Waals surface area (Å²) in [5.74, 6) is 0.817. The molecule has 2 N–H and O–H groups in total. The van der Waals surface area contributed by atoms with E-state index in [4.69, 9.17) is 5.73 Å². The maximum Gasteiger partial charge on any atom is 0.237 e. The van der Waals surface area contributed by atoms with Gasteiger partial charge in [0.1, 0.15) is 0 Å². The van der Waals surface area contributed by atoms with Crippen molar-refractivity contribution < 1.29 is 13.2 Å². The Bertz CT molecular complexity index is 451. The van der Waals surface area contributed by atoms with Gasteiger partial charge in [0.15, 0.2) is 0 Å². The van der Waals surface area contributed by atoms with Gasteiger partial charge in [-0.2, -0.15) is 4.31 Å². The lowest BCUT2D eigenvalue weighted by molar-refractivity contribution is -0.130. The van der Waals surface area contributed by atoms with E-state index < -0.39 is 10.0 Å². The average molecular weight is 289 g/mol. The first kappa shape index (κ1) is 14.7. The maximum absolute atomic E-state index is 12.1. The van der Waals surface area contributed by atoms with Crippen LogP contribution in [0.2, 0.25) is 0 Å². The molecule has 0 bridgehead atoms. The molecule has 3 atom stereocenters. The molecule has 1 heterocycles. The minimum absolute atomic E-state index is 0.0207. The van der Waals surface area contributed by atoms with Gasteiger partial charge in [-0.3, -0.25) is 4.79 Å². The number of nitrogens with two attached hydrogens (primary N) is 1. The molecule has 1 saturated heterocycles. The van der Waals surface area contributed by atoms with Crippen molar-refractivity contribution >= 4 is 15.9 Å². The molecule has 0 aromatic carbocycles.